The van der Waals surface area contributed by atoms with Crippen LogP contribution in [0.15, 0.2) is 103 Å². The van der Waals surface area contributed by atoms with E-state index in [0.717, 1.165) is 18.2 Å². The number of fused-ring (bicyclic) bond motifs is 3. The van der Waals surface area contributed by atoms with Crippen molar-refractivity contribution in [2.45, 2.75) is 19.6 Å². The summed E-state index contributed by atoms with van der Waals surface area (Å²) in [7, 11) is -21.9. The van der Waals surface area contributed by atoms with Gasteiger partial charge in [-0.15, -0.1) is 5.11 Å². The summed E-state index contributed by atoms with van der Waals surface area (Å²) in [5, 5.41) is 7.91. The minimum absolute atomic E-state index is 0. The van der Waals surface area contributed by atoms with Crippen LogP contribution in [0.5, 0.6) is 0 Å². The summed E-state index contributed by atoms with van der Waals surface area (Å²) in [4.78, 5) is 16.7. The van der Waals surface area contributed by atoms with Crippen LogP contribution in [-0.4, -0.2) is 67.8 Å². The largest absolute Gasteiger partial charge is 1.00 e. The molecule has 1 heterocycles. The van der Waals surface area contributed by atoms with Crippen LogP contribution >= 0.6 is 23.2 Å². The molecular formula is C29H13Cl2N5Na4O13S4. The molecule has 5 aromatic carbocycles. The minimum Gasteiger partial charge on any atom is -0.744 e. The van der Waals surface area contributed by atoms with Crippen molar-refractivity contribution < 1.29 is 175 Å². The fraction of sp³-hybridized carbons (Fsp3) is 0. The third kappa shape index (κ3) is 11.6. The van der Waals surface area contributed by atoms with Gasteiger partial charge in [0.05, 0.1) is 47.7 Å². The number of nitrogens with zero attached hydrogens (tertiary/aromatic N) is 4. The summed E-state index contributed by atoms with van der Waals surface area (Å²) in [6, 6.07) is 11.8. The van der Waals surface area contributed by atoms with E-state index in [4.69, 9.17) is 23.2 Å². The van der Waals surface area contributed by atoms with Crippen molar-refractivity contribution in [2.24, 2.45) is 10.2 Å². The Labute approximate surface area is 421 Å². The summed E-state index contributed by atoms with van der Waals surface area (Å²) in [6.07, 6.45) is 0. The Morgan fingerprint density at radius 3 is 1.72 bits per heavy atom. The summed E-state index contributed by atoms with van der Waals surface area (Å²) < 4.78 is 145. The number of nitrogens with one attached hydrogen (secondary N) is 1. The molecule has 0 fully saturated rings. The molecule has 1 aromatic heterocycles. The Hall–Kier alpha value is -0.750. The predicted octanol–water partition coefficient (Wildman–Crippen LogP) is -7.46. The third-order valence-corrected chi connectivity index (χ3v) is 11.5. The van der Waals surface area contributed by atoms with Crippen LogP contribution in [0.4, 0.5) is 17.1 Å². The Morgan fingerprint density at radius 2 is 1.14 bits per heavy atom. The van der Waals surface area contributed by atoms with Gasteiger partial charge < -0.3 is 23.5 Å². The number of hydrogen-bond acceptors (Lipinski definition) is 17. The summed E-state index contributed by atoms with van der Waals surface area (Å²) in [6.45, 7) is 0. The van der Waals surface area contributed by atoms with Crippen molar-refractivity contribution in [3.05, 3.63) is 88.7 Å². The van der Waals surface area contributed by atoms with Crippen molar-refractivity contribution in [3.63, 3.8) is 0 Å². The number of rotatable bonds is 8. The second-order valence-electron chi connectivity index (χ2n) is 10.8. The SMILES string of the molecule is O=C(Nc1ccc(N=Nc2cc(S(=O)(=O)[O-])c3cc(S(=O)(=O)[O-])cc(S(=O)(=O)[O-])c3c2)c2cccc(S(=O)(=O)[O-])c12)c1ccc2nc(Cl)c(Cl)nc2c1.[Na+].[Na+].[Na+].[Na+]. The van der Waals surface area contributed by atoms with Crippen LogP contribution in [0.1, 0.15) is 10.4 Å². The van der Waals surface area contributed by atoms with Crippen LogP contribution in [0.25, 0.3) is 32.6 Å². The molecule has 274 valence electrons. The van der Waals surface area contributed by atoms with E-state index in [1.54, 1.807) is 0 Å². The van der Waals surface area contributed by atoms with Gasteiger partial charge in [-0.3, -0.25) is 4.79 Å². The monoisotopic (exact) mass is 929 g/mol. The number of halogens is 2. The van der Waals surface area contributed by atoms with Gasteiger partial charge in [-0.1, -0.05) is 35.3 Å². The van der Waals surface area contributed by atoms with E-state index >= 15 is 0 Å². The molecule has 6 rings (SSSR count). The van der Waals surface area contributed by atoms with Crippen molar-refractivity contribution in [1.82, 2.24) is 9.97 Å². The van der Waals surface area contributed by atoms with Gasteiger partial charge in [0, 0.05) is 27.1 Å². The zero-order chi connectivity index (χ0) is 38.8. The molecule has 57 heavy (non-hydrogen) atoms. The molecule has 0 radical (unpaired) electrons. The first-order valence-electron chi connectivity index (χ1n) is 13.9. The zero-order valence-electron chi connectivity index (χ0n) is 29.4. The van der Waals surface area contributed by atoms with E-state index < -0.39 is 82.4 Å². The van der Waals surface area contributed by atoms with E-state index in [0.29, 0.717) is 17.6 Å². The fourth-order valence-electron chi connectivity index (χ4n) is 5.19. The molecule has 18 nitrogen and oxygen atoms in total. The minimum atomic E-state index is -5.62. The van der Waals surface area contributed by atoms with Crippen LogP contribution in [-0.2, 0) is 40.5 Å². The second kappa shape index (κ2) is 19.5. The molecule has 6 aromatic rings. The average molecular weight is 931 g/mol. The summed E-state index contributed by atoms with van der Waals surface area (Å²) in [5.74, 6) is -0.798. The maximum absolute atomic E-state index is 13.3. The Balaban J connectivity index is 0.00000280. The number of carbonyl (C=O) groups excluding carboxylic acids is 1. The van der Waals surface area contributed by atoms with Crippen molar-refractivity contribution in [3.8, 4) is 0 Å². The van der Waals surface area contributed by atoms with E-state index in [1.165, 1.54) is 36.4 Å². The molecule has 0 aliphatic rings. The number of azo groups is 1. The molecule has 0 aliphatic heterocycles. The quantitative estimate of drug-likeness (QED) is 0.0842. The third-order valence-electron chi connectivity index (χ3n) is 7.39. The molecule has 1 N–H and O–H groups in total. The number of aromatic nitrogens is 2. The van der Waals surface area contributed by atoms with Crippen LogP contribution in [0.2, 0.25) is 10.3 Å². The molecular weight excluding hydrogens is 917 g/mol. The first-order valence-corrected chi connectivity index (χ1v) is 20.3. The standard InChI is InChI=1S/C29H17Cl2N5O13S4.4Na/c30-27-28(31)33-22-8-13(4-5-20(22)32-27)29(37)34-21-7-6-19(16-2-1-3-23(26(16)21)51(41,42)43)36-35-14-9-17-18(24(10-14)52(44,45)46)11-15(50(38,39)40)12-25(17)53(47,48)49;;;;/h1-12H,(H,34,37)(H,38,39,40)(H,41,42,43)(H,44,45,46)(H,47,48,49);;;;/q;4*+1/p-4. The normalized spacial score (nSPS) is 12.0. The molecule has 0 saturated heterocycles. The fourth-order valence-corrected chi connectivity index (χ4v) is 8.18. The van der Waals surface area contributed by atoms with E-state index in [2.05, 4.69) is 25.5 Å². The average Bonchev–Trinajstić information content (AvgIpc) is 3.05. The van der Waals surface area contributed by atoms with E-state index in [1.807, 2.05) is 0 Å². The van der Waals surface area contributed by atoms with Gasteiger partial charge in [0.25, 0.3) is 5.91 Å². The number of carbonyl (C=O) groups is 1. The van der Waals surface area contributed by atoms with E-state index in [9.17, 15) is 56.7 Å². The van der Waals surface area contributed by atoms with Gasteiger partial charge >= 0.3 is 118 Å². The van der Waals surface area contributed by atoms with Gasteiger partial charge in [0.15, 0.2) is 10.3 Å². The predicted molar refractivity (Wildman–Crippen MR) is 181 cm³/mol. The Morgan fingerprint density at radius 1 is 0.579 bits per heavy atom. The molecule has 0 spiro atoms. The molecule has 1 amide bonds. The van der Waals surface area contributed by atoms with Gasteiger partial charge in [-0.2, -0.15) is 5.11 Å². The molecule has 0 aliphatic carbocycles. The first kappa shape index (κ1) is 52.4. The van der Waals surface area contributed by atoms with Gasteiger partial charge in [-0.05, 0) is 60.7 Å². The van der Waals surface area contributed by atoms with Gasteiger partial charge in [0.2, 0.25) is 0 Å². The van der Waals surface area contributed by atoms with Crippen molar-refractivity contribution in [2.75, 3.05) is 5.32 Å². The Kier molecular flexibility index (Phi) is 17.9. The number of hydrogen-bond donors (Lipinski definition) is 1. The molecule has 0 unspecified atom stereocenters. The van der Waals surface area contributed by atoms with Crippen LogP contribution in [0, 0.1) is 0 Å². The first-order chi connectivity index (χ1) is 24.5. The second-order valence-corrected chi connectivity index (χ2v) is 16.9. The smallest absolute Gasteiger partial charge is 0.744 e. The zero-order valence-corrected chi connectivity index (χ0v) is 42.2. The molecule has 28 heteroatoms. The van der Waals surface area contributed by atoms with Crippen LogP contribution in [0.3, 0.4) is 0 Å². The molecule has 0 saturated carbocycles. The summed E-state index contributed by atoms with van der Waals surface area (Å²) >= 11 is 11.8. The summed E-state index contributed by atoms with van der Waals surface area (Å²) in [5.41, 5.74) is -0.509. The van der Waals surface area contributed by atoms with E-state index in [-0.39, 0.29) is 168 Å². The maximum atomic E-state index is 13.3. The number of benzene rings is 5. The maximum Gasteiger partial charge on any atom is 1.00 e. The van der Waals surface area contributed by atoms with Crippen molar-refractivity contribution in [1.29, 1.82) is 0 Å². The molecule has 0 bridgehead atoms. The van der Waals surface area contributed by atoms with Gasteiger partial charge in [-0.25, -0.2) is 43.6 Å². The topological polar surface area (TPSA) is 308 Å². The molecule has 0 atom stereocenters. The van der Waals surface area contributed by atoms with Gasteiger partial charge in [0.1, 0.15) is 40.5 Å². The van der Waals surface area contributed by atoms with Crippen molar-refractivity contribution >= 4 is 119 Å². The Bertz CT molecular complexity index is 3110. The number of anilines is 1. The van der Waals surface area contributed by atoms with Crippen LogP contribution < -0.4 is 124 Å². The number of amides is 1.